The van der Waals surface area contributed by atoms with Crippen LogP contribution in [0.15, 0.2) is 48.5 Å². The molecule has 0 unspecified atom stereocenters. The van der Waals surface area contributed by atoms with E-state index in [0.717, 1.165) is 13.0 Å². The molecule has 1 amide bonds. The molecule has 1 N–H and O–H groups in total. The number of amides is 1. The number of hydrogen-bond donors (Lipinski definition) is 1. The number of benzene rings is 2. The molecule has 0 radical (unpaired) electrons. The quantitative estimate of drug-likeness (QED) is 0.0630. The van der Waals surface area contributed by atoms with Crippen LogP contribution in [-0.2, 0) is 56.8 Å². The molecule has 0 saturated carbocycles. The first-order valence-electron chi connectivity index (χ1n) is 26.7. The van der Waals surface area contributed by atoms with E-state index in [-0.39, 0.29) is 12.5 Å². The first-order chi connectivity index (χ1) is 34.3. The largest absolute Gasteiger partial charge is 0.449 e. The van der Waals surface area contributed by atoms with Gasteiger partial charge in [-0.1, -0.05) is 152 Å². The van der Waals surface area contributed by atoms with Gasteiger partial charge in [0.15, 0.2) is 0 Å². The highest BCUT2D eigenvalue weighted by molar-refractivity contribution is 5.79. The van der Waals surface area contributed by atoms with Gasteiger partial charge in [0.05, 0.1) is 139 Å². The Morgan fingerprint density at radius 3 is 0.971 bits per heavy atom. The minimum absolute atomic E-state index is 0.0364. The Kier molecular flexibility index (Phi) is 40.7. The van der Waals surface area contributed by atoms with Gasteiger partial charge >= 0.3 is 6.09 Å². The van der Waals surface area contributed by atoms with Gasteiger partial charge in [-0.15, -0.1) is 0 Å². The lowest BCUT2D eigenvalue weighted by Crippen LogP contribution is -2.29. The third-order valence-corrected chi connectivity index (χ3v) is 11.7. The van der Waals surface area contributed by atoms with Crippen LogP contribution in [0.2, 0.25) is 0 Å². The second-order valence-corrected chi connectivity index (χ2v) is 17.3. The zero-order valence-corrected chi connectivity index (χ0v) is 42.8. The van der Waals surface area contributed by atoms with Gasteiger partial charge < -0.3 is 62.2 Å². The summed E-state index contributed by atoms with van der Waals surface area (Å²) >= 11 is 0. The van der Waals surface area contributed by atoms with Crippen LogP contribution in [0, 0.1) is 0 Å². The minimum atomic E-state index is -0.450. The average molecular weight is 976 g/mol. The lowest BCUT2D eigenvalue weighted by molar-refractivity contribution is -0.0275. The highest BCUT2D eigenvalue weighted by Gasteiger charge is 2.29. The summed E-state index contributed by atoms with van der Waals surface area (Å²) in [7, 11) is 0. The minimum Gasteiger partial charge on any atom is -0.449 e. The fourth-order valence-corrected chi connectivity index (χ4v) is 7.93. The molecule has 396 valence electrons. The Morgan fingerprint density at radius 2 is 0.638 bits per heavy atom. The van der Waals surface area contributed by atoms with Crippen LogP contribution in [0.3, 0.4) is 0 Å². The molecule has 0 fully saturated rings. The van der Waals surface area contributed by atoms with E-state index in [2.05, 4.69) is 36.5 Å². The van der Waals surface area contributed by atoms with Crippen LogP contribution in [0.5, 0.6) is 0 Å². The normalized spacial score (nSPS) is 12.2. The number of hydrogen-bond acceptors (Lipinski definition) is 13. The van der Waals surface area contributed by atoms with Crippen molar-refractivity contribution in [1.82, 2.24) is 5.32 Å². The van der Waals surface area contributed by atoms with E-state index in [1.54, 1.807) is 0 Å². The van der Waals surface area contributed by atoms with E-state index in [1.165, 1.54) is 119 Å². The van der Waals surface area contributed by atoms with Crippen LogP contribution < -0.4 is 5.32 Å². The predicted octanol–water partition coefficient (Wildman–Crippen LogP) is 9.97. The Bertz CT molecular complexity index is 1390. The molecule has 2 aromatic carbocycles. The molecule has 0 aliphatic heterocycles. The molecule has 0 atom stereocenters. The molecule has 2 aromatic rings. The Balaban J connectivity index is 0.889. The second-order valence-electron chi connectivity index (χ2n) is 17.3. The monoisotopic (exact) mass is 976 g/mol. The molecule has 14 heteroatoms. The SMILES string of the molecule is CCCCCCCCCCCCCCCCCCOCCOCCOCCOCCOCCOCCOCCOCCOCCOCCOCCNC(=O)OCC1c2ccccc2-c2ccccc21. The van der Waals surface area contributed by atoms with E-state index in [1.807, 2.05) is 24.3 Å². The highest BCUT2D eigenvalue weighted by Crippen LogP contribution is 2.44. The number of alkyl carbamates (subject to hydrolysis) is 1. The van der Waals surface area contributed by atoms with Gasteiger partial charge in [0.1, 0.15) is 6.61 Å². The molecule has 14 nitrogen and oxygen atoms in total. The third-order valence-electron chi connectivity index (χ3n) is 11.7. The molecule has 0 spiro atoms. The Hall–Kier alpha value is -2.73. The maximum Gasteiger partial charge on any atom is 0.407 e. The van der Waals surface area contributed by atoms with Crippen molar-refractivity contribution < 1.29 is 61.6 Å². The van der Waals surface area contributed by atoms with Gasteiger partial charge in [-0.2, -0.15) is 0 Å². The van der Waals surface area contributed by atoms with Crippen molar-refractivity contribution in [2.24, 2.45) is 0 Å². The maximum atomic E-state index is 12.3. The molecular weight excluding hydrogens is 883 g/mol. The third kappa shape index (κ3) is 33.5. The highest BCUT2D eigenvalue weighted by atomic mass is 16.6. The van der Waals surface area contributed by atoms with Crippen molar-refractivity contribution in [3.05, 3.63) is 59.7 Å². The summed E-state index contributed by atoms with van der Waals surface area (Å²) in [4.78, 5) is 12.3. The summed E-state index contributed by atoms with van der Waals surface area (Å²) in [5, 5.41) is 2.75. The number of carbonyl (C=O) groups excluding carboxylic acids is 1. The van der Waals surface area contributed by atoms with Gasteiger partial charge in [-0.05, 0) is 28.7 Å². The maximum absolute atomic E-state index is 12.3. The zero-order valence-electron chi connectivity index (χ0n) is 42.8. The number of unbranched alkanes of at least 4 members (excludes halogenated alkanes) is 15. The van der Waals surface area contributed by atoms with E-state index in [9.17, 15) is 4.79 Å². The number of carbonyl (C=O) groups is 1. The summed E-state index contributed by atoms with van der Waals surface area (Å²) in [6.45, 7) is 14.4. The first kappa shape index (κ1) is 60.6. The fourth-order valence-electron chi connectivity index (χ4n) is 7.93. The summed E-state index contributed by atoms with van der Waals surface area (Å²) in [5.41, 5.74) is 4.78. The van der Waals surface area contributed by atoms with Crippen molar-refractivity contribution in [2.45, 2.75) is 116 Å². The van der Waals surface area contributed by atoms with E-state index < -0.39 is 6.09 Å². The van der Waals surface area contributed by atoms with Crippen LogP contribution in [0.25, 0.3) is 11.1 Å². The molecule has 0 heterocycles. The first-order valence-corrected chi connectivity index (χ1v) is 26.7. The number of ether oxygens (including phenoxy) is 12. The average Bonchev–Trinajstić information content (AvgIpc) is 3.69. The van der Waals surface area contributed by atoms with Crippen molar-refractivity contribution >= 4 is 6.09 Å². The zero-order chi connectivity index (χ0) is 48.6. The van der Waals surface area contributed by atoms with Gasteiger partial charge in [0.25, 0.3) is 0 Å². The standard InChI is InChI=1S/C55H93NO13/c1-2-3-4-5-6-7-8-9-10-11-12-13-14-15-16-21-27-58-29-31-60-33-35-62-37-39-64-41-43-66-45-47-68-48-46-67-44-42-65-40-38-63-36-34-61-32-30-59-28-26-56-55(57)69-49-54-52-24-19-17-22-50(52)51-23-18-20-25-53(51)54/h17-20,22-25,54H,2-16,21,26-49H2,1H3,(H,56,57). The van der Waals surface area contributed by atoms with Gasteiger partial charge in [0, 0.05) is 19.1 Å². The van der Waals surface area contributed by atoms with Crippen molar-refractivity contribution in [1.29, 1.82) is 0 Å². The van der Waals surface area contributed by atoms with E-state index >= 15 is 0 Å². The van der Waals surface area contributed by atoms with Crippen molar-refractivity contribution in [3.8, 4) is 11.1 Å². The van der Waals surface area contributed by atoms with Gasteiger partial charge in [0.2, 0.25) is 0 Å². The lowest BCUT2D eigenvalue weighted by atomic mass is 9.98. The van der Waals surface area contributed by atoms with Crippen molar-refractivity contribution in [3.63, 3.8) is 0 Å². The van der Waals surface area contributed by atoms with E-state index in [4.69, 9.17) is 56.8 Å². The van der Waals surface area contributed by atoms with Crippen LogP contribution in [0.1, 0.15) is 127 Å². The number of fused-ring (bicyclic) bond motifs is 3. The van der Waals surface area contributed by atoms with Crippen LogP contribution in [0.4, 0.5) is 4.79 Å². The topological polar surface area (TPSA) is 140 Å². The fraction of sp³-hybridized carbons (Fsp3) is 0.764. The summed E-state index contributed by atoms with van der Waals surface area (Å²) in [5.74, 6) is 0.0364. The van der Waals surface area contributed by atoms with Crippen molar-refractivity contribution in [2.75, 3.05) is 159 Å². The summed E-state index contributed by atoms with van der Waals surface area (Å²) < 4.78 is 66.7. The molecule has 0 saturated heterocycles. The van der Waals surface area contributed by atoms with Crippen LogP contribution in [-0.4, -0.2) is 165 Å². The Morgan fingerprint density at radius 1 is 0.362 bits per heavy atom. The van der Waals surface area contributed by atoms with Gasteiger partial charge in [-0.3, -0.25) is 0 Å². The molecule has 3 rings (SSSR count). The lowest BCUT2D eigenvalue weighted by Gasteiger charge is -2.14. The van der Waals surface area contributed by atoms with Crippen LogP contribution >= 0.6 is 0 Å². The molecular formula is C55H93NO13. The Labute approximate surface area is 416 Å². The molecule has 69 heavy (non-hydrogen) atoms. The summed E-state index contributed by atoms with van der Waals surface area (Å²) in [6, 6.07) is 16.5. The van der Waals surface area contributed by atoms with E-state index in [0.29, 0.717) is 145 Å². The number of rotatable bonds is 52. The molecule has 1 aliphatic rings. The summed E-state index contributed by atoms with van der Waals surface area (Å²) in [6.07, 6.45) is 21.7. The second kappa shape index (κ2) is 46.3. The number of nitrogens with one attached hydrogen (secondary N) is 1. The molecule has 0 bridgehead atoms. The van der Waals surface area contributed by atoms with Gasteiger partial charge in [-0.25, -0.2) is 4.79 Å². The smallest absolute Gasteiger partial charge is 0.407 e. The molecule has 1 aliphatic carbocycles. The predicted molar refractivity (Wildman–Crippen MR) is 272 cm³/mol. The molecule has 0 aromatic heterocycles.